The van der Waals surface area contributed by atoms with Gasteiger partial charge < -0.3 is 10.0 Å². The Bertz CT molecular complexity index is 1620. The smallest absolute Gasteiger partial charge is 0.374 e. The molecule has 5 rings (SSSR count). The molecule has 226 valence electrons. The third kappa shape index (κ3) is 6.10. The topological polar surface area (TPSA) is 117 Å². The van der Waals surface area contributed by atoms with Crippen LogP contribution in [0.5, 0.6) is 0 Å². The van der Waals surface area contributed by atoms with Gasteiger partial charge in [0, 0.05) is 24.2 Å². The van der Waals surface area contributed by atoms with Gasteiger partial charge in [0.05, 0.1) is 23.9 Å². The molecular formula is C26H25F6N5O4S. The van der Waals surface area contributed by atoms with Crippen LogP contribution in [0.4, 0.5) is 32.2 Å². The Morgan fingerprint density at radius 3 is 2.29 bits per heavy atom. The number of aromatic nitrogens is 2. The molecule has 3 aromatic rings. The van der Waals surface area contributed by atoms with E-state index in [1.165, 1.54) is 41.3 Å². The molecule has 0 spiro atoms. The lowest BCUT2D eigenvalue weighted by atomic mass is 10.0. The molecule has 0 radical (unpaired) electrons. The van der Waals surface area contributed by atoms with Crippen LogP contribution in [-0.4, -0.2) is 42.0 Å². The summed E-state index contributed by atoms with van der Waals surface area (Å²) in [4.78, 5) is 13.6. The first kappa shape index (κ1) is 29.8. The molecule has 2 heterocycles. The Balaban J connectivity index is 1.42. The highest BCUT2D eigenvalue weighted by molar-refractivity contribution is 7.89. The number of hydrogen-bond acceptors (Lipinski definition) is 7. The summed E-state index contributed by atoms with van der Waals surface area (Å²) in [6, 6.07) is 10.2. The van der Waals surface area contributed by atoms with Crippen LogP contribution in [0.15, 0.2) is 48.5 Å². The largest absolute Gasteiger partial charge is 0.435 e. The van der Waals surface area contributed by atoms with Crippen molar-refractivity contribution in [1.82, 2.24) is 19.8 Å². The first-order chi connectivity index (χ1) is 19.5. The third-order valence-corrected chi connectivity index (χ3v) is 7.71. The lowest BCUT2D eigenvalue weighted by molar-refractivity contribution is -0.143. The molecule has 1 amide bonds. The Labute approximate surface area is 236 Å². The molecular weight excluding hydrogens is 592 g/mol. The Kier molecular flexibility index (Phi) is 7.30. The van der Waals surface area contributed by atoms with Gasteiger partial charge in [0.25, 0.3) is 5.91 Å². The van der Waals surface area contributed by atoms with Crippen LogP contribution in [0.2, 0.25) is 0 Å². The average molecular weight is 618 g/mol. The van der Waals surface area contributed by atoms with Crippen LogP contribution < -0.4 is 14.9 Å². The molecule has 1 fully saturated rings. The monoisotopic (exact) mass is 617 g/mol. The van der Waals surface area contributed by atoms with E-state index in [0.29, 0.717) is 18.4 Å². The molecule has 1 aromatic heterocycles. The number of nitrogens with zero attached hydrogens (tertiary/aromatic N) is 3. The summed E-state index contributed by atoms with van der Waals surface area (Å²) in [5, 5.41) is 17.7. The molecule has 0 bridgehead atoms. The summed E-state index contributed by atoms with van der Waals surface area (Å²) >= 11 is 0. The van der Waals surface area contributed by atoms with Gasteiger partial charge >= 0.3 is 12.4 Å². The summed E-state index contributed by atoms with van der Waals surface area (Å²) in [6.07, 6.45) is -9.67. The van der Waals surface area contributed by atoms with Gasteiger partial charge in [-0.25, -0.2) is 17.8 Å². The fourth-order valence-electron chi connectivity index (χ4n) is 5.10. The number of alkyl halides is 6. The number of halogens is 6. The second-order valence-corrected chi connectivity index (χ2v) is 12.1. The molecule has 1 saturated carbocycles. The van der Waals surface area contributed by atoms with E-state index in [2.05, 4.69) is 10.4 Å². The van der Waals surface area contributed by atoms with Crippen molar-refractivity contribution in [3.63, 3.8) is 0 Å². The van der Waals surface area contributed by atoms with Gasteiger partial charge in [0.2, 0.25) is 10.0 Å². The Hall–Kier alpha value is -3.63. The lowest BCUT2D eigenvalue weighted by Crippen LogP contribution is -2.35. The summed E-state index contributed by atoms with van der Waals surface area (Å²) in [5.74, 6) is -0.906. The minimum absolute atomic E-state index is 0.0340. The zero-order valence-electron chi connectivity index (χ0n) is 21.9. The number of amides is 1. The fraction of sp³-hybridized carbons (Fsp3) is 0.385. The lowest BCUT2D eigenvalue weighted by Gasteiger charge is -2.26. The molecule has 16 heteroatoms. The highest BCUT2D eigenvalue weighted by atomic mass is 32.2. The quantitative estimate of drug-likeness (QED) is 0.260. The van der Waals surface area contributed by atoms with Gasteiger partial charge in [-0.3, -0.25) is 10.1 Å². The van der Waals surface area contributed by atoms with Crippen molar-refractivity contribution in [2.24, 2.45) is 0 Å². The minimum atomic E-state index is -4.93. The van der Waals surface area contributed by atoms with Gasteiger partial charge in [-0.1, -0.05) is 24.3 Å². The number of benzene rings is 2. The van der Waals surface area contributed by atoms with Crippen LogP contribution in [0, 0.1) is 0 Å². The summed E-state index contributed by atoms with van der Waals surface area (Å²) < 4.78 is 107. The number of rotatable bonds is 8. The van der Waals surface area contributed by atoms with E-state index >= 15 is 0 Å². The number of nitrogens with one attached hydrogen (secondary N) is 2. The van der Waals surface area contributed by atoms with Crippen LogP contribution in [0.3, 0.4) is 0 Å². The highest BCUT2D eigenvalue weighted by Gasteiger charge is 2.49. The molecule has 2 aliphatic rings. The van der Waals surface area contributed by atoms with E-state index in [0.717, 1.165) is 23.1 Å². The third-order valence-electron chi connectivity index (χ3n) is 7.15. The van der Waals surface area contributed by atoms with E-state index in [1.807, 2.05) is 4.72 Å². The van der Waals surface area contributed by atoms with Crippen LogP contribution in [0.1, 0.15) is 57.4 Å². The number of hydrogen-bond donors (Lipinski definition) is 3. The van der Waals surface area contributed by atoms with E-state index < -0.39 is 56.9 Å². The van der Waals surface area contributed by atoms with Crippen molar-refractivity contribution >= 4 is 21.7 Å². The first-order valence-electron chi connectivity index (χ1n) is 12.6. The Morgan fingerprint density at radius 2 is 1.71 bits per heavy atom. The van der Waals surface area contributed by atoms with Crippen molar-refractivity contribution < 1.29 is 44.7 Å². The Morgan fingerprint density at radius 1 is 1.05 bits per heavy atom. The number of carbonyl (C=O) groups is 1. The SMILES string of the molecule is CS(=O)(=O)NC(=O)c1ccc(C2(NC(O)c3c(C(F)(F)F)nn4c3N(Cc3cccc(C(F)(F)F)c3)CC4)CC2)cc1. The summed E-state index contributed by atoms with van der Waals surface area (Å²) in [6.45, 7) is 0.0552. The number of aliphatic hydroxyl groups is 1. The van der Waals surface area contributed by atoms with Crippen molar-refractivity contribution in [3.05, 3.63) is 82.0 Å². The normalized spacial score (nSPS) is 17.2. The van der Waals surface area contributed by atoms with Crippen LogP contribution >= 0.6 is 0 Å². The number of anilines is 1. The zero-order chi connectivity index (χ0) is 30.7. The number of aliphatic hydroxyl groups excluding tert-OH is 1. The van der Waals surface area contributed by atoms with E-state index in [4.69, 9.17) is 0 Å². The van der Waals surface area contributed by atoms with Crippen molar-refractivity contribution in [2.45, 2.75) is 50.1 Å². The van der Waals surface area contributed by atoms with Crippen LogP contribution in [-0.2, 0) is 41.0 Å². The second-order valence-electron chi connectivity index (χ2n) is 10.3. The van der Waals surface area contributed by atoms with Gasteiger partial charge in [-0.15, -0.1) is 0 Å². The molecule has 1 aliphatic heterocycles. The predicted octanol–water partition coefficient (Wildman–Crippen LogP) is 3.90. The number of sulfonamides is 1. The van der Waals surface area contributed by atoms with Gasteiger partial charge in [0.1, 0.15) is 12.0 Å². The van der Waals surface area contributed by atoms with Crippen molar-refractivity contribution in [3.8, 4) is 0 Å². The predicted molar refractivity (Wildman–Crippen MR) is 137 cm³/mol. The minimum Gasteiger partial charge on any atom is -0.374 e. The molecule has 1 aliphatic carbocycles. The maximum atomic E-state index is 14.1. The molecule has 3 N–H and O–H groups in total. The second kappa shape index (κ2) is 10.3. The molecule has 0 saturated heterocycles. The van der Waals surface area contributed by atoms with Crippen molar-refractivity contribution in [2.75, 3.05) is 17.7 Å². The molecule has 1 atom stereocenters. The highest BCUT2D eigenvalue weighted by Crippen LogP contribution is 2.49. The standard InChI is InChI=1S/C26H25F6N5O4S/c1-42(40,41)35-21(38)16-5-7-17(8-6-16)24(9-10-24)33-22(39)19-20(26(30,31)32)34-37-12-11-36(23(19)37)14-15-3-2-4-18(13-15)25(27,28)29/h2-8,13,22,33,39H,9-12,14H2,1H3,(H,35,38). The van der Waals surface area contributed by atoms with Gasteiger partial charge in [-0.05, 0) is 48.2 Å². The molecule has 9 nitrogen and oxygen atoms in total. The van der Waals surface area contributed by atoms with E-state index in [-0.39, 0.29) is 36.6 Å². The van der Waals surface area contributed by atoms with E-state index in [1.54, 1.807) is 0 Å². The van der Waals surface area contributed by atoms with Gasteiger partial charge in [0.15, 0.2) is 5.69 Å². The van der Waals surface area contributed by atoms with E-state index in [9.17, 15) is 44.7 Å². The van der Waals surface area contributed by atoms with Crippen molar-refractivity contribution in [1.29, 1.82) is 0 Å². The number of carbonyl (C=O) groups excluding carboxylic acids is 1. The summed E-state index contributed by atoms with van der Waals surface area (Å²) in [5.41, 5.74) is -2.86. The zero-order valence-corrected chi connectivity index (χ0v) is 22.7. The molecule has 42 heavy (non-hydrogen) atoms. The summed E-state index contributed by atoms with van der Waals surface area (Å²) in [7, 11) is -3.79. The first-order valence-corrected chi connectivity index (χ1v) is 14.5. The molecule has 1 unspecified atom stereocenters. The van der Waals surface area contributed by atoms with Gasteiger partial charge in [-0.2, -0.15) is 31.4 Å². The maximum absolute atomic E-state index is 14.1. The average Bonchev–Trinajstić information content (AvgIpc) is 3.39. The number of fused-ring (bicyclic) bond motifs is 1. The fourth-order valence-corrected chi connectivity index (χ4v) is 5.56. The maximum Gasteiger partial charge on any atom is 0.435 e. The molecule has 2 aromatic carbocycles. The van der Waals surface area contributed by atoms with Crippen LogP contribution in [0.25, 0.3) is 0 Å².